The van der Waals surface area contributed by atoms with E-state index in [0.717, 1.165) is 18.9 Å². The van der Waals surface area contributed by atoms with Gasteiger partial charge in [0, 0.05) is 5.54 Å². The van der Waals surface area contributed by atoms with E-state index in [1.165, 1.54) is 32.2 Å². The van der Waals surface area contributed by atoms with Gasteiger partial charge in [-0.2, -0.15) is 0 Å². The van der Waals surface area contributed by atoms with Crippen molar-refractivity contribution in [3.63, 3.8) is 0 Å². The molecule has 0 heterocycles. The first kappa shape index (κ1) is 11.0. The van der Waals surface area contributed by atoms with Gasteiger partial charge in [0.15, 0.2) is 0 Å². The Labute approximate surface area is 82.3 Å². The van der Waals surface area contributed by atoms with Crippen LogP contribution in [-0.2, 0) is 0 Å². The van der Waals surface area contributed by atoms with Gasteiger partial charge < -0.3 is 11.1 Å². The van der Waals surface area contributed by atoms with Crippen molar-refractivity contribution in [3.05, 3.63) is 0 Å². The van der Waals surface area contributed by atoms with Gasteiger partial charge in [0.2, 0.25) is 0 Å². The van der Waals surface area contributed by atoms with Gasteiger partial charge >= 0.3 is 0 Å². The normalized spacial score (nSPS) is 17.8. The summed E-state index contributed by atoms with van der Waals surface area (Å²) in [5.74, 6) is 1.08. The fraction of sp³-hybridized carbons (Fsp3) is 1.00. The highest BCUT2D eigenvalue weighted by molar-refractivity contribution is 4.74. The van der Waals surface area contributed by atoms with Crippen LogP contribution < -0.4 is 11.1 Å². The standard InChI is InChI=1S/C11H24N2/c1-11(2,12)7-9-13-8-3-4-10-5-6-10/h10,13H,3-9,12H2,1-2H3. The second-order valence-electron chi connectivity index (χ2n) is 5.07. The second-order valence-corrected chi connectivity index (χ2v) is 5.07. The topological polar surface area (TPSA) is 38.0 Å². The Hall–Kier alpha value is -0.0800. The predicted molar refractivity (Wildman–Crippen MR) is 57.7 cm³/mol. The Morgan fingerprint density at radius 1 is 1.31 bits per heavy atom. The average Bonchev–Trinajstić information content (AvgIpc) is 2.77. The third-order valence-electron chi connectivity index (χ3n) is 2.61. The minimum atomic E-state index is -0.0104. The van der Waals surface area contributed by atoms with Crippen LogP contribution in [-0.4, -0.2) is 18.6 Å². The van der Waals surface area contributed by atoms with Crippen LogP contribution in [0.1, 0.15) is 46.0 Å². The molecule has 1 rings (SSSR count). The summed E-state index contributed by atoms with van der Waals surface area (Å²) in [6.45, 7) is 6.40. The molecule has 1 aliphatic rings. The van der Waals surface area contributed by atoms with Crippen molar-refractivity contribution < 1.29 is 0 Å². The lowest BCUT2D eigenvalue weighted by Crippen LogP contribution is -2.35. The van der Waals surface area contributed by atoms with E-state index in [9.17, 15) is 0 Å². The van der Waals surface area contributed by atoms with E-state index in [1.807, 2.05) is 0 Å². The number of hydrogen-bond acceptors (Lipinski definition) is 2. The molecule has 0 atom stereocenters. The minimum Gasteiger partial charge on any atom is -0.326 e. The van der Waals surface area contributed by atoms with Gasteiger partial charge in [-0.3, -0.25) is 0 Å². The summed E-state index contributed by atoms with van der Waals surface area (Å²) in [5, 5.41) is 3.45. The predicted octanol–water partition coefficient (Wildman–Crippen LogP) is 1.89. The molecule has 78 valence electrons. The van der Waals surface area contributed by atoms with Crippen LogP contribution in [0.2, 0.25) is 0 Å². The lowest BCUT2D eigenvalue weighted by atomic mass is 10.0. The zero-order chi connectivity index (χ0) is 9.73. The molecule has 3 N–H and O–H groups in total. The van der Waals surface area contributed by atoms with Crippen molar-refractivity contribution in [2.75, 3.05) is 13.1 Å². The van der Waals surface area contributed by atoms with Gasteiger partial charge in [0.05, 0.1) is 0 Å². The van der Waals surface area contributed by atoms with Crippen molar-refractivity contribution in [2.45, 2.75) is 51.5 Å². The van der Waals surface area contributed by atoms with Gasteiger partial charge in [-0.15, -0.1) is 0 Å². The maximum atomic E-state index is 5.87. The molecule has 0 radical (unpaired) electrons. The molecule has 0 aromatic heterocycles. The minimum absolute atomic E-state index is 0.0104. The van der Waals surface area contributed by atoms with E-state index in [-0.39, 0.29) is 5.54 Å². The number of hydrogen-bond donors (Lipinski definition) is 2. The lowest BCUT2D eigenvalue weighted by molar-refractivity contribution is 0.451. The van der Waals surface area contributed by atoms with E-state index >= 15 is 0 Å². The van der Waals surface area contributed by atoms with Crippen LogP contribution in [0, 0.1) is 5.92 Å². The highest BCUT2D eigenvalue weighted by Gasteiger charge is 2.19. The summed E-state index contributed by atoms with van der Waals surface area (Å²) in [6, 6.07) is 0. The van der Waals surface area contributed by atoms with Gasteiger partial charge in [0.1, 0.15) is 0 Å². The first-order chi connectivity index (χ1) is 6.08. The van der Waals surface area contributed by atoms with Crippen LogP contribution in [0.25, 0.3) is 0 Å². The summed E-state index contributed by atoms with van der Waals surface area (Å²) < 4.78 is 0. The Morgan fingerprint density at radius 3 is 2.54 bits per heavy atom. The first-order valence-electron chi connectivity index (χ1n) is 5.57. The molecule has 0 aromatic carbocycles. The molecular weight excluding hydrogens is 160 g/mol. The van der Waals surface area contributed by atoms with Crippen LogP contribution in [0.4, 0.5) is 0 Å². The monoisotopic (exact) mass is 184 g/mol. The fourth-order valence-corrected chi connectivity index (χ4v) is 1.46. The van der Waals surface area contributed by atoms with Gasteiger partial charge in [-0.1, -0.05) is 12.8 Å². The van der Waals surface area contributed by atoms with E-state index in [2.05, 4.69) is 19.2 Å². The van der Waals surface area contributed by atoms with Gasteiger partial charge in [0.25, 0.3) is 0 Å². The summed E-state index contributed by atoms with van der Waals surface area (Å²) in [4.78, 5) is 0. The Balaban J connectivity index is 1.78. The maximum Gasteiger partial charge on any atom is 0.0109 e. The molecule has 0 amide bonds. The Kier molecular flexibility index (Phi) is 4.20. The van der Waals surface area contributed by atoms with Crippen LogP contribution in [0.15, 0.2) is 0 Å². The molecule has 0 bridgehead atoms. The average molecular weight is 184 g/mol. The molecule has 2 nitrogen and oxygen atoms in total. The van der Waals surface area contributed by atoms with Gasteiger partial charge in [-0.05, 0) is 52.1 Å². The number of rotatable bonds is 7. The molecule has 1 aliphatic carbocycles. The molecule has 0 aromatic rings. The molecule has 0 unspecified atom stereocenters. The summed E-state index contributed by atoms with van der Waals surface area (Å²) >= 11 is 0. The SMILES string of the molecule is CC(C)(N)CCNCCCC1CC1. The Morgan fingerprint density at radius 2 is 2.00 bits per heavy atom. The zero-order valence-corrected chi connectivity index (χ0v) is 9.10. The highest BCUT2D eigenvalue weighted by atomic mass is 14.9. The molecule has 0 spiro atoms. The van der Waals surface area contributed by atoms with Crippen molar-refractivity contribution in [1.82, 2.24) is 5.32 Å². The lowest BCUT2D eigenvalue weighted by Gasteiger charge is -2.18. The van der Waals surface area contributed by atoms with E-state index < -0.39 is 0 Å². The van der Waals surface area contributed by atoms with E-state index in [1.54, 1.807) is 0 Å². The molecule has 2 heteroatoms. The largest absolute Gasteiger partial charge is 0.326 e. The molecule has 1 fully saturated rings. The fourth-order valence-electron chi connectivity index (χ4n) is 1.46. The van der Waals surface area contributed by atoms with E-state index in [0.29, 0.717) is 0 Å². The van der Waals surface area contributed by atoms with Crippen molar-refractivity contribution in [1.29, 1.82) is 0 Å². The smallest absolute Gasteiger partial charge is 0.0109 e. The third-order valence-corrected chi connectivity index (χ3v) is 2.61. The van der Waals surface area contributed by atoms with Gasteiger partial charge in [-0.25, -0.2) is 0 Å². The second kappa shape index (κ2) is 4.97. The highest BCUT2D eigenvalue weighted by Crippen LogP contribution is 2.33. The maximum absolute atomic E-state index is 5.87. The van der Waals surface area contributed by atoms with Crippen molar-refractivity contribution >= 4 is 0 Å². The Bertz CT molecular complexity index is 134. The summed E-state index contributed by atoms with van der Waals surface area (Å²) in [5.41, 5.74) is 5.86. The van der Waals surface area contributed by atoms with Crippen LogP contribution in [0.5, 0.6) is 0 Å². The first-order valence-corrected chi connectivity index (χ1v) is 5.57. The summed E-state index contributed by atoms with van der Waals surface area (Å²) in [7, 11) is 0. The molecule has 13 heavy (non-hydrogen) atoms. The van der Waals surface area contributed by atoms with Crippen LogP contribution in [0.3, 0.4) is 0 Å². The third kappa shape index (κ3) is 7.03. The quantitative estimate of drug-likeness (QED) is 0.593. The molecule has 0 aliphatic heterocycles. The number of nitrogens with two attached hydrogens (primary N) is 1. The van der Waals surface area contributed by atoms with Crippen molar-refractivity contribution in [3.8, 4) is 0 Å². The molecular formula is C11H24N2. The molecule has 1 saturated carbocycles. The molecule has 0 saturated heterocycles. The van der Waals surface area contributed by atoms with Crippen LogP contribution >= 0.6 is 0 Å². The summed E-state index contributed by atoms with van der Waals surface area (Å²) in [6.07, 6.45) is 6.80. The zero-order valence-electron chi connectivity index (χ0n) is 9.10. The van der Waals surface area contributed by atoms with E-state index in [4.69, 9.17) is 5.73 Å². The van der Waals surface area contributed by atoms with Crippen molar-refractivity contribution in [2.24, 2.45) is 11.7 Å². The number of nitrogens with one attached hydrogen (secondary N) is 1.